The Balaban J connectivity index is 2.76. The summed E-state index contributed by atoms with van der Waals surface area (Å²) in [6.45, 7) is -0.775. The van der Waals surface area contributed by atoms with Crippen LogP contribution in [0.5, 0.6) is 0 Å². The van der Waals surface area contributed by atoms with Crippen molar-refractivity contribution < 1.29 is 19.9 Å². The van der Waals surface area contributed by atoms with Crippen molar-refractivity contribution in [3.8, 4) is 0 Å². The first kappa shape index (κ1) is 14.8. The number of aliphatic hydroxyl groups is 2. The van der Waals surface area contributed by atoms with Gasteiger partial charge in [-0.1, -0.05) is 12.1 Å². The molecule has 0 heterocycles. The largest absolute Gasteiger partial charge is 0.394 e. The lowest BCUT2D eigenvalue weighted by atomic mass is 10.1. The van der Waals surface area contributed by atoms with Crippen molar-refractivity contribution >= 4 is 17.7 Å². The molecular weight excluding hydrogens is 252 g/mol. The number of amides is 1. The zero-order valence-electron chi connectivity index (χ0n) is 10.0. The van der Waals surface area contributed by atoms with Crippen molar-refractivity contribution in [3.05, 3.63) is 46.0 Å². The number of aliphatic hydroxyl groups excluding tert-OH is 2. The van der Waals surface area contributed by atoms with E-state index in [0.29, 0.717) is 5.56 Å². The van der Waals surface area contributed by atoms with Crippen LogP contribution in [-0.4, -0.2) is 40.3 Å². The Morgan fingerprint density at radius 3 is 2.58 bits per heavy atom. The smallest absolute Gasteiger partial charge is 0.276 e. The molecular formula is C12H14N2O5. The van der Waals surface area contributed by atoms with Crippen LogP contribution in [0, 0.1) is 10.1 Å². The molecule has 102 valence electrons. The van der Waals surface area contributed by atoms with Crippen molar-refractivity contribution in [2.45, 2.75) is 6.04 Å². The molecule has 0 radical (unpaired) electrons. The fourth-order valence-electron chi connectivity index (χ4n) is 1.36. The summed E-state index contributed by atoms with van der Waals surface area (Å²) < 4.78 is 0. The second-order valence-electron chi connectivity index (χ2n) is 3.72. The van der Waals surface area contributed by atoms with Crippen molar-refractivity contribution in [2.75, 3.05) is 13.2 Å². The predicted molar refractivity (Wildman–Crippen MR) is 68.2 cm³/mol. The molecule has 0 saturated heterocycles. The summed E-state index contributed by atoms with van der Waals surface area (Å²) in [5.74, 6) is -0.550. The summed E-state index contributed by atoms with van der Waals surface area (Å²) >= 11 is 0. The normalized spacial score (nSPS) is 10.9. The molecule has 0 spiro atoms. The van der Waals surface area contributed by atoms with Crippen LogP contribution in [0.25, 0.3) is 6.08 Å². The number of carbonyl (C=O) groups excluding carboxylic acids is 1. The van der Waals surface area contributed by atoms with Crippen LogP contribution in [0.3, 0.4) is 0 Å². The van der Waals surface area contributed by atoms with Gasteiger partial charge in [0, 0.05) is 12.1 Å². The number of carbonyl (C=O) groups is 1. The number of nitrogens with one attached hydrogen (secondary N) is 1. The third-order valence-corrected chi connectivity index (χ3v) is 2.33. The fraction of sp³-hybridized carbons (Fsp3) is 0.250. The molecule has 7 nitrogen and oxygen atoms in total. The van der Waals surface area contributed by atoms with E-state index in [9.17, 15) is 14.9 Å². The van der Waals surface area contributed by atoms with Gasteiger partial charge < -0.3 is 15.5 Å². The van der Waals surface area contributed by atoms with E-state index in [1.165, 1.54) is 24.3 Å². The van der Waals surface area contributed by atoms with Gasteiger partial charge in [0.15, 0.2) is 0 Å². The highest BCUT2D eigenvalue weighted by molar-refractivity contribution is 5.92. The Morgan fingerprint density at radius 2 is 2.00 bits per heavy atom. The van der Waals surface area contributed by atoms with Crippen molar-refractivity contribution in [3.63, 3.8) is 0 Å². The minimum atomic E-state index is -0.747. The third kappa shape index (κ3) is 4.49. The molecule has 0 aliphatic heterocycles. The Hall–Kier alpha value is -2.25. The molecule has 0 atom stereocenters. The van der Waals surface area contributed by atoms with Crippen LogP contribution in [0.2, 0.25) is 0 Å². The van der Waals surface area contributed by atoms with Gasteiger partial charge in [-0.3, -0.25) is 14.9 Å². The molecule has 1 rings (SSSR count). The first-order valence-electron chi connectivity index (χ1n) is 5.52. The highest BCUT2D eigenvalue weighted by Crippen LogP contribution is 2.18. The summed E-state index contributed by atoms with van der Waals surface area (Å²) in [5, 5.41) is 30.7. The lowest BCUT2D eigenvalue weighted by Gasteiger charge is -2.10. The monoisotopic (exact) mass is 266 g/mol. The molecule has 3 N–H and O–H groups in total. The standard InChI is InChI=1S/C12H14N2O5/c15-7-10(8-16)13-12(17)6-5-9-3-1-2-4-11(9)14(18)19/h1-6,10,15-16H,7-8H2,(H,13,17). The lowest BCUT2D eigenvalue weighted by Crippen LogP contribution is -2.39. The number of para-hydroxylation sites is 1. The van der Waals surface area contributed by atoms with Crippen LogP contribution < -0.4 is 5.32 Å². The van der Waals surface area contributed by atoms with E-state index in [2.05, 4.69) is 5.32 Å². The van der Waals surface area contributed by atoms with Gasteiger partial charge in [0.25, 0.3) is 5.69 Å². The molecule has 0 bridgehead atoms. The molecule has 0 aromatic heterocycles. The molecule has 1 amide bonds. The van der Waals surface area contributed by atoms with Gasteiger partial charge in [0.2, 0.25) is 5.91 Å². The minimum Gasteiger partial charge on any atom is -0.394 e. The van der Waals surface area contributed by atoms with Gasteiger partial charge in [-0.15, -0.1) is 0 Å². The van der Waals surface area contributed by atoms with E-state index in [1.807, 2.05) is 0 Å². The van der Waals surface area contributed by atoms with E-state index in [0.717, 1.165) is 6.08 Å². The van der Waals surface area contributed by atoms with Crippen LogP contribution in [0.4, 0.5) is 5.69 Å². The number of nitro benzene ring substituents is 1. The molecule has 0 aliphatic rings. The number of benzene rings is 1. The topological polar surface area (TPSA) is 113 Å². The Labute approximate surface area is 109 Å². The number of hydrogen-bond acceptors (Lipinski definition) is 5. The van der Waals surface area contributed by atoms with E-state index < -0.39 is 16.9 Å². The Morgan fingerprint density at radius 1 is 1.37 bits per heavy atom. The van der Waals surface area contributed by atoms with E-state index in [-0.39, 0.29) is 18.9 Å². The average molecular weight is 266 g/mol. The molecule has 1 aromatic carbocycles. The van der Waals surface area contributed by atoms with Gasteiger partial charge in [-0.05, 0) is 12.1 Å². The van der Waals surface area contributed by atoms with Gasteiger partial charge in [0.1, 0.15) is 0 Å². The predicted octanol–water partition coefficient (Wildman–Crippen LogP) is 0.0774. The first-order valence-corrected chi connectivity index (χ1v) is 5.52. The van der Waals surface area contributed by atoms with Crippen LogP contribution in [0.15, 0.2) is 30.3 Å². The molecule has 0 unspecified atom stereocenters. The zero-order valence-corrected chi connectivity index (χ0v) is 10.0. The number of nitrogens with zero attached hydrogens (tertiary/aromatic N) is 1. The third-order valence-electron chi connectivity index (χ3n) is 2.33. The number of hydrogen-bond donors (Lipinski definition) is 3. The molecule has 7 heteroatoms. The van der Waals surface area contributed by atoms with Crippen molar-refractivity contribution in [2.24, 2.45) is 0 Å². The highest BCUT2D eigenvalue weighted by atomic mass is 16.6. The van der Waals surface area contributed by atoms with E-state index in [4.69, 9.17) is 10.2 Å². The van der Waals surface area contributed by atoms with Gasteiger partial charge in [-0.25, -0.2) is 0 Å². The zero-order chi connectivity index (χ0) is 14.3. The summed E-state index contributed by atoms with van der Waals surface area (Å²) in [4.78, 5) is 21.6. The van der Waals surface area contributed by atoms with Gasteiger partial charge in [-0.2, -0.15) is 0 Å². The fourth-order valence-corrected chi connectivity index (χ4v) is 1.36. The molecule has 0 saturated carbocycles. The Kier molecular flexibility index (Phi) is 5.65. The van der Waals surface area contributed by atoms with Crippen LogP contribution >= 0.6 is 0 Å². The van der Waals surface area contributed by atoms with Crippen LogP contribution in [-0.2, 0) is 4.79 Å². The highest BCUT2D eigenvalue weighted by Gasteiger charge is 2.11. The summed E-state index contributed by atoms with van der Waals surface area (Å²) in [6, 6.07) is 5.25. The van der Waals surface area contributed by atoms with Crippen LogP contribution in [0.1, 0.15) is 5.56 Å². The molecule has 0 aliphatic carbocycles. The summed E-state index contributed by atoms with van der Waals surface area (Å²) in [7, 11) is 0. The molecule has 0 fully saturated rings. The quantitative estimate of drug-likeness (QED) is 0.383. The Bertz CT molecular complexity index is 483. The van der Waals surface area contributed by atoms with E-state index >= 15 is 0 Å². The second kappa shape index (κ2) is 7.24. The second-order valence-corrected chi connectivity index (χ2v) is 3.72. The number of nitro groups is 1. The van der Waals surface area contributed by atoms with Gasteiger partial charge in [0.05, 0.1) is 29.7 Å². The van der Waals surface area contributed by atoms with Crippen molar-refractivity contribution in [1.82, 2.24) is 5.32 Å². The summed E-state index contributed by atoms with van der Waals surface area (Å²) in [6.07, 6.45) is 2.42. The number of rotatable bonds is 6. The first-order chi connectivity index (χ1) is 9.08. The van der Waals surface area contributed by atoms with Gasteiger partial charge >= 0.3 is 0 Å². The van der Waals surface area contributed by atoms with E-state index in [1.54, 1.807) is 6.07 Å². The summed E-state index contributed by atoms with van der Waals surface area (Å²) in [5.41, 5.74) is 0.194. The van der Waals surface area contributed by atoms with Crippen molar-refractivity contribution in [1.29, 1.82) is 0 Å². The maximum absolute atomic E-state index is 11.4. The maximum atomic E-state index is 11.4. The molecule has 19 heavy (non-hydrogen) atoms. The molecule has 1 aromatic rings. The minimum absolute atomic E-state index is 0.104. The maximum Gasteiger partial charge on any atom is 0.276 e. The SMILES string of the molecule is O=C(C=Cc1ccccc1[N+](=O)[O-])NC(CO)CO. The lowest BCUT2D eigenvalue weighted by molar-refractivity contribution is -0.385. The average Bonchev–Trinajstić information content (AvgIpc) is 2.42.